The minimum atomic E-state index is 0.200. The Bertz CT molecular complexity index is 429. The van der Waals surface area contributed by atoms with E-state index in [1.807, 2.05) is 0 Å². The van der Waals surface area contributed by atoms with Crippen molar-refractivity contribution >= 4 is 23.1 Å². The van der Waals surface area contributed by atoms with Gasteiger partial charge in [0.2, 0.25) is 5.28 Å². The summed E-state index contributed by atoms with van der Waals surface area (Å²) in [6.45, 7) is 8.76. The minimum Gasteiger partial charge on any atom is -0.394 e. The van der Waals surface area contributed by atoms with Gasteiger partial charge in [0.05, 0.1) is 11.9 Å². The second-order valence-corrected chi connectivity index (χ2v) is 6.03. The highest BCUT2D eigenvalue weighted by atomic mass is 35.5. The van der Waals surface area contributed by atoms with Gasteiger partial charge in [-0.15, -0.1) is 0 Å². The smallest absolute Gasteiger partial charge is 0.224 e. The Balaban J connectivity index is 2.01. The van der Waals surface area contributed by atoms with Crippen molar-refractivity contribution in [1.29, 1.82) is 0 Å². The van der Waals surface area contributed by atoms with Gasteiger partial charge in [-0.1, -0.05) is 0 Å². The summed E-state index contributed by atoms with van der Waals surface area (Å²) < 4.78 is 0. The lowest BCUT2D eigenvalue weighted by atomic mass is 10.1. The lowest BCUT2D eigenvalue weighted by Crippen LogP contribution is -2.40. The van der Waals surface area contributed by atoms with E-state index in [9.17, 15) is 0 Å². The molecule has 0 bridgehead atoms. The summed E-state index contributed by atoms with van der Waals surface area (Å²) in [5.41, 5.74) is 6.56. The minimum absolute atomic E-state index is 0.200. The van der Waals surface area contributed by atoms with Gasteiger partial charge >= 0.3 is 0 Å². The Morgan fingerprint density at radius 2 is 2.22 bits per heavy atom. The van der Waals surface area contributed by atoms with E-state index in [1.165, 1.54) is 6.20 Å². The number of nitrogen functional groups attached to an aromatic ring is 1. The zero-order valence-electron chi connectivity index (χ0n) is 11.1. The van der Waals surface area contributed by atoms with Crippen molar-refractivity contribution in [2.24, 2.45) is 0 Å². The fourth-order valence-corrected chi connectivity index (χ4v) is 2.30. The van der Waals surface area contributed by atoms with E-state index in [2.05, 4.69) is 41.0 Å². The van der Waals surface area contributed by atoms with Crippen LogP contribution in [0.1, 0.15) is 27.2 Å². The topological polar surface area (TPSA) is 67.1 Å². The second kappa shape index (κ2) is 4.90. The SMILES string of the molecule is CC(C)(C)N1CCC(Nc2nc(Cl)ncc2N)C1. The standard InChI is InChI=1S/C12H20ClN5/c1-12(2,3)18-5-4-8(7-18)16-10-9(14)6-15-11(13)17-10/h6,8H,4-5,7,14H2,1-3H3,(H,15,16,17). The Morgan fingerprint density at radius 3 is 2.83 bits per heavy atom. The molecule has 0 radical (unpaired) electrons. The molecule has 1 aromatic heterocycles. The van der Waals surface area contributed by atoms with Gasteiger partial charge in [0.15, 0.2) is 5.82 Å². The molecule has 1 saturated heterocycles. The molecule has 100 valence electrons. The van der Waals surface area contributed by atoms with E-state index < -0.39 is 0 Å². The molecule has 0 aromatic carbocycles. The maximum absolute atomic E-state index is 5.83. The largest absolute Gasteiger partial charge is 0.394 e. The molecular formula is C12H20ClN5. The fraction of sp³-hybridized carbons (Fsp3) is 0.667. The number of nitrogens with two attached hydrogens (primary N) is 1. The van der Waals surface area contributed by atoms with Crippen molar-refractivity contribution in [1.82, 2.24) is 14.9 Å². The number of hydrogen-bond donors (Lipinski definition) is 2. The van der Waals surface area contributed by atoms with E-state index >= 15 is 0 Å². The molecule has 0 amide bonds. The molecule has 3 N–H and O–H groups in total. The first kappa shape index (κ1) is 13.4. The summed E-state index contributed by atoms with van der Waals surface area (Å²) in [6.07, 6.45) is 2.62. The lowest BCUT2D eigenvalue weighted by molar-refractivity contribution is 0.174. The van der Waals surface area contributed by atoms with Gasteiger partial charge in [0.25, 0.3) is 0 Å². The van der Waals surface area contributed by atoms with Crippen molar-refractivity contribution in [3.63, 3.8) is 0 Å². The predicted octanol–water partition coefficient (Wildman–Crippen LogP) is 2.00. The molecule has 1 unspecified atom stereocenters. The van der Waals surface area contributed by atoms with Crippen molar-refractivity contribution < 1.29 is 0 Å². The molecule has 1 aromatic rings. The Hall–Kier alpha value is -1.07. The third-order valence-corrected chi connectivity index (χ3v) is 3.45. The van der Waals surface area contributed by atoms with Crippen LogP contribution in [0.25, 0.3) is 0 Å². The monoisotopic (exact) mass is 269 g/mol. The maximum Gasteiger partial charge on any atom is 0.224 e. The van der Waals surface area contributed by atoms with Crippen molar-refractivity contribution in [2.45, 2.75) is 38.8 Å². The Labute approximate surface area is 113 Å². The van der Waals surface area contributed by atoms with Crippen LogP contribution >= 0.6 is 11.6 Å². The average molecular weight is 270 g/mol. The van der Waals surface area contributed by atoms with Crippen LogP contribution in [-0.4, -0.2) is 39.5 Å². The third kappa shape index (κ3) is 3.03. The molecule has 0 spiro atoms. The van der Waals surface area contributed by atoms with Crippen LogP contribution in [0.15, 0.2) is 6.20 Å². The molecule has 1 atom stereocenters. The first-order valence-corrected chi connectivity index (χ1v) is 6.53. The number of hydrogen-bond acceptors (Lipinski definition) is 5. The summed E-state index contributed by atoms with van der Waals surface area (Å²) in [5, 5.41) is 3.57. The molecule has 2 heterocycles. The first-order valence-electron chi connectivity index (χ1n) is 6.16. The zero-order chi connectivity index (χ0) is 13.3. The number of nitrogens with one attached hydrogen (secondary N) is 1. The average Bonchev–Trinajstić information content (AvgIpc) is 2.71. The predicted molar refractivity (Wildman–Crippen MR) is 74.8 cm³/mol. The first-order chi connectivity index (χ1) is 8.36. The van der Waals surface area contributed by atoms with Crippen LogP contribution in [0.3, 0.4) is 0 Å². The molecule has 5 nitrogen and oxygen atoms in total. The van der Waals surface area contributed by atoms with Crippen LogP contribution in [-0.2, 0) is 0 Å². The molecule has 0 saturated carbocycles. The highest BCUT2D eigenvalue weighted by Crippen LogP contribution is 2.24. The van der Waals surface area contributed by atoms with E-state index in [-0.39, 0.29) is 10.8 Å². The van der Waals surface area contributed by atoms with E-state index in [4.69, 9.17) is 17.3 Å². The number of likely N-dealkylation sites (tertiary alicyclic amines) is 1. The second-order valence-electron chi connectivity index (χ2n) is 5.69. The molecule has 1 aliphatic rings. The lowest BCUT2D eigenvalue weighted by Gasteiger charge is -2.31. The summed E-state index contributed by atoms with van der Waals surface area (Å²) in [6, 6.07) is 0.359. The van der Waals surface area contributed by atoms with E-state index in [0.717, 1.165) is 19.5 Å². The van der Waals surface area contributed by atoms with Crippen LogP contribution in [0.5, 0.6) is 0 Å². The van der Waals surface area contributed by atoms with Gasteiger partial charge in [0.1, 0.15) is 0 Å². The van der Waals surface area contributed by atoms with Gasteiger partial charge in [-0.2, -0.15) is 4.98 Å². The van der Waals surface area contributed by atoms with Crippen LogP contribution in [0.2, 0.25) is 5.28 Å². The quantitative estimate of drug-likeness (QED) is 0.804. The fourth-order valence-electron chi connectivity index (χ4n) is 2.17. The zero-order valence-corrected chi connectivity index (χ0v) is 11.8. The number of anilines is 2. The molecule has 2 rings (SSSR count). The molecule has 6 heteroatoms. The normalized spacial score (nSPS) is 21.2. The summed E-state index contributed by atoms with van der Waals surface area (Å²) in [4.78, 5) is 10.4. The number of aromatic nitrogens is 2. The Morgan fingerprint density at radius 1 is 1.50 bits per heavy atom. The third-order valence-electron chi connectivity index (χ3n) is 3.27. The molecular weight excluding hydrogens is 250 g/mol. The van der Waals surface area contributed by atoms with E-state index in [1.54, 1.807) is 0 Å². The van der Waals surface area contributed by atoms with Crippen molar-refractivity contribution in [2.75, 3.05) is 24.1 Å². The summed E-state index contributed by atoms with van der Waals surface area (Å²) in [5.74, 6) is 0.635. The number of halogens is 1. The van der Waals surface area contributed by atoms with Crippen molar-refractivity contribution in [3.8, 4) is 0 Å². The maximum atomic E-state index is 5.83. The van der Waals surface area contributed by atoms with E-state index in [0.29, 0.717) is 17.5 Å². The van der Waals surface area contributed by atoms with Crippen molar-refractivity contribution in [3.05, 3.63) is 11.5 Å². The number of rotatable bonds is 2. The highest BCUT2D eigenvalue weighted by Gasteiger charge is 2.30. The highest BCUT2D eigenvalue weighted by molar-refractivity contribution is 6.28. The molecule has 1 aliphatic heterocycles. The van der Waals surface area contributed by atoms with Gasteiger partial charge < -0.3 is 11.1 Å². The Kier molecular flexibility index (Phi) is 3.64. The van der Waals surface area contributed by atoms with Gasteiger partial charge in [-0.25, -0.2) is 4.98 Å². The molecule has 1 fully saturated rings. The van der Waals surface area contributed by atoms with Crippen LogP contribution < -0.4 is 11.1 Å². The summed E-state index contributed by atoms with van der Waals surface area (Å²) in [7, 11) is 0. The van der Waals surface area contributed by atoms with Gasteiger partial charge in [0, 0.05) is 24.7 Å². The molecule has 0 aliphatic carbocycles. The number of nitrogens with zero attached hydrogens (tertiary/aromatic N) is 3. The summed E-state index contributed by atoms with van der Waals surface area (Å²) >= 11 is 5.78. The van der Waals surface area contributed by atoms with Crippen LogP contribution in [0, 0.1) is 0 Å². The van der Waals surface area contributed by atoms with Gasteiger partial charge in [-0.05, 0) is 38.8 Å². The molecule has 18 heavy (non-hydrogen) atoms. The van der Waals surface area contributed by atoms with Crippen LogP contribution in [0.4, 0.5) is 11.5 Å². The van der Waals surface area contributed by atoms with Gasteiger partial charge in [-0.3, -0.25) is 4.90 Å².